The molecule has 0 spiro atoms. The van der Waals surface area contributed by atoms with E-state index in [0.29, 0.717) is 25.3 Å². The third kappa shape index (κ3) is 5.58. The Morgan fingerprint density at radius 3 is 2.41 bits per heavy atom. The predicted molar refractivity (Wildman–Crippen MR) is 127 cm³/mol. The quantitative estimate of drug-likeness (QED) is 0.548. The fourth-order valence-corrected chi connectivity index (χ4v) is 5.38. The Kier molecular flexibility index (Phi) is 7.84. The molecule has 2 bridgehead atoms. The molecule has 0 radical (unpaired) electrons. The number of piperidine rings is 1. The molecule has 5 nitrogen and oxygen atoms in total. The Balaban J connectivity index is 1.34. The van der Waals surface area contributed by atoms with Crippen LogP contribution >= 0.6 is 0 Å². The van der Waals surface area contributed by atoms with Crippen molar-refractivity contribution in [1.82, 2.24) is 10.2 Å². The van der Waals surface area contributed by atoms with Crippen LogP contribution in [0.15, 0.2) is 30.3 Å². The smallest absolute Gasteiger partial charge is 0.224 e. The minimum atomic E-state index is -0.675. The molecule has 2 fully saturated rings. The van der Waals surface area contributed by atoms with Crippen molar-refractivity contribution in [1.29, 1.82) is 0 Å². The molecular weight excluding hydrogens is 438 g/mol. The van der Waals surface area contributed by atoms with Crippen LogP contribution in [0.4, 0.5) is 8.78 Å². The van der Waals surface area contributed by atoms with Gasteiger partial charge < -0.3 is 14.8 Å². The van der Waals surface area contributed by atoms with Crippen LogP contribution in [0.2, 0.25) is 0 Å². The normalized spacial score (nSPS) is 22.1. The molecule has 184 valence electrons. The fourth-order valence-electron chi connectivity index (χ4n) is 5.38. The lowest BCUT2D eigenvalue weighted by Crippen LogP contribution is -2.50. The van der Waals surface area contributed by atoms with Gasteiger partial charge in [0, 0.05) is 37.8 Å². The first-order valence-electron chi connectivity index (χ1n) is 12.1. The van der Waals surface area contributed by atoms with Gasteiger partial charge in [-0.05, 0) is 73.9 Å². The van der Waals surface area contributed by atoms with Crippen molar-refractivity contribution >= 4 is 5.91 Å². The molecule has 7 heteroatoms. The minimum Gasteiger partial charge on any atom is -0.491 e. The van der Waals surface area contributed by atoms with Gasteiger partial charge in [-0.15, -0.1) is 0 Å². The maximum Gasteiger partial charge on any atom is 0.224 e. The highest BCUT2D eigenvalue weighted by molar-refractivity contribution is 5.79. The van der Waals surface area contributed by atoms with E-state index >= 15 is 0 Å². The van der Waals surface area contributed by atoms with Crippen LogP contribution in [0.3, 0.4) is 0 Å². The van der Waals surface area contributed by atoms with Crippen LogP contribution in [0.25, 0.3) is 0 Å². The number of benzene rings is 2. The van der Waals surface area contributed by atoms with Gasteiger partial charge in [0.1, 0.15) is 24.0 Å². The van der Waals surface area contributed by atoms with E-state index < -0.39 is 11.6 Å². The summed E-state index contributed by atoms with van der Waals surface area (Å²) in [5.41, 5.74) is 3.95. The summed E-state index contributed by atoms with van der Waals surface area (Å²) in [6.45, 7) is 6.24. The van der Waals surface area contributed by atoms with E-state index in [-0.39, 0.29) is 23.9 Å². The molecule has 2 saturated heterocycles. The number of hydrogen-bond acceptors (Lipinski definition) is 4. The van der Waals surface area contributed by atoms with E-state index in [1.807, 2.05) is 0 Å². The number of halogens is 2. The molecule has 2 atom stereocenters. The van der Waals surface area contributed by atoms with Crippen LogP contribution in [-0.2, 0) is 22.5 Å². The van der Waals surface area contributed by atoms with Crippen molar-refractivity contribution < 1.29 is 23.0 Å². The molecule has 2 aromatic rings. The maximum absolute atomic E-state index is 13.9. The summed E-state index contributed by atoms with van der Waals surface area (Å²) in [5.74, 6) is -0.616. The molecule has 4 rings (SSSR count). The van der Waals surface area contributed by atoms with Gasteiger partial charge in [0.15, 0.2) is 0 Å². The van der Waals surface area contributed by atoms with Gasteiger partial charge in [0.25, 0.3) is 0 Å². The molecule has 2 aromatic carbocycles. The highest BCUT2D eigenvalue weighted by Gasteiger charge is 2.41. The number of amides is 1. The molecule has 1 N–H and O–H groups in total. The van der Waals surface area contributed by atoms with Crippen molar-refractivity contribution in [2.24, 2.45) is 0 Å². The molecule has 34 heavy (non-hydrogen) atoms. The van der Waals surface area contributed by atoms with Crippen molar-refractivity contribution in [2.75, 3.05) is 20.3 Å². The summed E-state index contributed by atoms with van der Waals surface area (Å²) < 4.78 is 37.9. The predicted octanol–water partition coefficient (Wildman–Crippen LogP) is 4.46. The molecule has 2 unspecified atom stereocenters. The number of carbonyl (C=O) groups excluding carboxylic acids is 1. The Bertz CT molecular complexity index is 1020. The van der Waals surface area contributed by atoms with Gasteiger partial charge in [-0.1, -0.05) is 12.1 Å². The fraction of sp³-hybridized carbons (Fsp3) is 0.519. The Hall–Kier alpha value is -2.51. The standard InChI is InChI=1S/C27H34F2N2O3/c1-17-18(2)26(34-11-10-33-3)9-5-20(17)16-31-23-7-8-24(31)15-22(14-23)30-27(32)12-19-4-6-21(28)13-25(19)29/h4-6,9,13,22-24H,7-8,10-12,14-16H2,1-3H3,(H,30,32). The van der Waals surface area contributed by atoms with E-state index in [4.69, 9.17) is 9.47 Å². The molecule has 0 saturated carbocycles. The highest BCUT2D eigenvalue weighted by atomic mass is 19.1. The van der Waals surface area contributed by atoms with Crippen molar-refractivity contribution in [2.45, 2.75) is 70.6 Å². The van der Waals surface area contributed by atoms with E-state index in [2.05, 4.69) is 36.2 Å². The second-order valence-electron chi connectivity index (χ2n) is 9.52. The molecule has 2 heterocycles. The van der Waals surface area contributed by atoms with Crippen LogP contribution in [-0.4, -0.2) is 49.3 Å². The second-order valence-corrected chi connectivity index (χ2v) is 9.52. The first-order chi connectivity index (χ1) is 16.4. The molecule has 1 amide bonds. The molecular formula is C27H34F2N2O3. The number of nitrogens with zero attached hydrogens (tertiary/aromatic N) is 1. The van der Waals surface area contributed by atoms with Gasteiger partial charge >= 0.3 is 0 Å². The summed E-state index contributed by atoms with van der Waals surface area (Å²) >= 11 is 0. The van der Waals surface area contributed by atoms with Crippen LogP contribution in [0, 0.1) is 25.5 Å². The van der Waals surface area contributed by atoms with Gasteiger partial charge in [0.2, 0.25) is 5.91 Å². The van der Waals surface area contributed by atoms with Crippen LogP contribution in [0.1, 0.15) is 47.9 Å². The summed E-state index contributed by atoms with van der Waals surface area (Å²) in [4.78, 5) is 15.1. The van der Waals surface area contributed by atoms with Gasteiger partial charge in [-0.3, -0.25) is 9.69 Å². The third-order valence-corrected chi connectivity index (χ3v) is 7.36. The average Bonchev–Trinajstić information content (AvgIpc) is 3.02. The van der Waals surface area contributed by atoms with Crippen molar-refractivity contribution in [3.8, 4) is 5.75 Å². The van der Waals surface area contributed by atoms with Gasteiger partial charge in [-0.2, -0.15) is 0 Å². The summed E-state index contributed by atoms with van der Waals surface area (Å²) in [6.07, 6.45) is 3.97. The van der Waals surface area contributed by atoms with E-state index in [1.54, 1.807) is 7.11 Å². The molecule has 0 aliphatic carbocycles. The highest BCUT2D eigenvalue weighted by Crippen LogP contribution is 2.38. The van der Waals surface area contributed by atoms with Crippen LogP contribution in [0.5, 0.6) is 5.75 Å². The zero-order valence-electron chi connectivity index (χ0n) is 20.2. The first kappa shape index (κ1) is 24.6. The topological polar surface area (TPSA) is 50.8 Å². The zero-order chi connectivity index (χ0) is 24.2. The number of nitrogens with one attached hydrogen (secondary N) is 1. The first-order valence-corrected chi connectivity index (χ1v) is 12.1. The second kappa shape index (κ2) is 10.8. The maximum atomic E-state index is 13.9. The van der Waals surface area contributed by atoms with Crippen molar-refractivity contribution in [3.63, 3.8) is 0 Å². The SMILES string of the molecule is COCCOc1ccc(CN2C3CCC2CC(NC(=O)Cc2ccc(F)cc2F)C3)c(C)c1C. The van der Waals surface area contributed by atoms with E-state index in [0.717, 1.165) is 49.6 Å². The van der Waals surface area contributed by atoms with Crippen LogP contribution < -0.4 is 10.1 Å². The number of rotatable bonds is 9. The molecule has 0 aromatic heterocycles. The number of carbonyl (C=O) groups is 1. The lowest BCUT2D eigenvalue weighted by atomic mass is 9.94. The third-order valence-electron chi connectivity index (χ3n) is 7.36. The van der Waals surface area contributed by atoms with Gasteiger partial charge in [0.05, 0.1) is 13.0 Å². The Morgan fingerprint density at radius 2 is 1.74 bits per heavy atom. The number of methoxy groups -OCH3 is 1. The average molecular weight is 473 g/mol. The largest absolute Gasteiger partial charge is 0.491 e. The lowest BCUT2D eigenvalue weighted by Gasteiger charge is -2.39. The summed E-state index contributed by atoms with van der Waals surface area (Å²) in [6, 6.07) is 8.49. The monoisotopic (exact) mass is 472 g/mol. The Morgan fingerprint density at radius 1 is 1.03 bits per heavy atom. The number of hydrogen-bond donors (Lipinski definition) is 1. The van der Waals surface area contributed by atoms with Crippen molar-refractivity contribution in [3.05, 3.63) is 64.2 Å². The minimum absolute atomic E-state index is 0.0705. The summed E-state index contributed by atoms with van der Waals surface area (Å²) in [5, 5.41) is 3.09. The van der Waals surface area contributed by atoms with E-state index in [1.165, 1.54) is 23.3 Å². The lowest BCUT2D eigenvalue weighted by molar-refractivity contribution is -0.121. The molecule has 2 aliphatic heterocycles. The number of fused-ring (bicyclic) bond motifs is 2. The zero-order valence-corrected chi connectivity index (χ0v) is 20.2. The summed E-state index contributed by atoms with van der Waals surface area (Å²) in [7, 11) is 1.67. The molecule has 2 aliphatic rings. The van der Waals surface area contributed by atoms with Gasteiger partial charge in [-0.25, -0.2) is 8.78 Å². The number of ether oxygens (including phenoxy) is 2. The Labute approximate surface area is 200 Å². The van der Waals surface area contributed by atoms with E-state index in [9.17, 15) is 13.6 Å².